The third-order valence-corrected chi connectivity index (χ3v) is 6.31. The number of aryl methyl sites for hydroxylation is 1. The average molecular weight is 433 g/mol. The summed E-state index contributed by atoms with van der Waals surface area (Å²) in [5.41, 5.74) is -1.84. The van der Waals surface area contributed by atoms with Crippen molar-refractivity contribution in [1.29, 1.82) is 5.26 Å². The first-order chi connectivity index (χ1) is 14.4. The normalized spacial score (nSPS) is 19.7. The Morgan fingerprint density at radius 3 is 2.45 bits per heavy atom. The van der Waals surface area contributed by atoms with Gasteiger partial charge in [0, 0.05) is 35.3 Å². The zero-order valence-electron chi connectivity index (χ0n) is 17.3. The van der Waals surface area contributed by atoms with Gasteiger partial charge in [-0.15, -0.1) is 0 Å². The van der Waals surface area contributed by atoms with E-state index in [1.54, 1.807) is 18.7 Å². The summed E-state index contributed by atoms with van der Waals surface area (Å²) in [7, 11) is 0. The Balaban J connectivity index is 2.06. The number of phenols is 1. The van der Waals surface area contributed by atoms with Gasteiger partial charge in [-0.05, 0) is 49.6 Å². The highest BCUT2D eigenvalue weighted by Crippen LogP contribution is 2.54. The second kappa shape index (κ2) is 7.45. The highest BCUT2D eigenvalue weighted by molar-refractivity contribution is 5.70. The summed E-state index contributed by atoms with van der Waals surface area (Å²) in [4.78, 5) is 12.3. The molecule has 0 bridgehead atoms. The monoisotopic (exact) mass is 433 g/mol. The minimum Gasteiger partial charge on any atom is -0.508 e. The highest BCUT2D eigenvalue weighted by Gasteiger charge is 2.57. The maximum absolute atomic E-state index is 13.3. The van der Waals surface area contributed by atoms with Crippen LogP contribution in [0.15, 0.2) is 36.4 Å². The second-order valence-corrected chi connectivity index (χ2v) is 8.14. The van der Waals surface area contributed by atoms with Crippen LogP contribution in [0.1, 0.15) is 43.9 Å². The third kappa shape index (κ3) is 3.46. The van der Waals surface area contributed by atoms with Crippen LogP contribution < -0.4 is 4.90 Å². The van der Waals surface area contributed by atoms with E-state index in [1.165, 1.54) is 24.3 Å². The summed E-state index contributed by atoms with van der Waals surface area (Å²) in [6.07, 6.45) is -4.20. The Hall–Kier alpha value is -3.28. The summed E-state index contributed by atoms with van der Waals surface area (Å²) < 4.78 is 40.0. The topological polar surface area (TPSA) is 90.4 Å². The summed E-state index contributed by atoms with van der Waals surface area (Å²) in [6.45, 7) is 5.67. The largest absolute Gasteiger partial charge is 0.508 e. The lowest BCUT2D eigenvalue weighted by Gasteiger charge is -2.42. The van der Waals surface area contributed by atoms with E-state index >= 15 is 0 Å². The number of hydrogen-bond acceptors (Lipinski definition) is 5. The number of nitrogens with zero attached hydrogens (tertiary/aromatic N) is 3. The number of non-ortho nitro benzene ring substituents is 1. The summed E-state index contributed by atoms with van der Waals surface area (Å²) in [6, 6.07) is 9.51. The van der Waals surface area contributed by atoms with Crippen molar-refractivity contribution in [3.63, 3.8) is 0 Å². The van der Waals surface area contributed by atoms with E-state index in [1.807, 2.05) is 6.92 Å². The first-order valence-corrected chi connectivity index (χ1v) is 9.76. The molecule has 164 valence electrons. The molecular formula is C22H22F3N3O3. The van der Waals surface area contributed by atoms with Crippen LogP contribution in [-0.2, 0) is 18.0 Å². The van der Waals surface area contributed by atoms with Gasteiger partial charge >= 0.3 is 6.18 Å². The van der Waals surface area contributed by atoms with Gasteiger partial charge in [-0.25, -0.2) is 0 Å². The van der Waals surface area contributed by atoms with Crippen molar-refractivity contribution in [3.8, 4) is 11.8 Å². The van der Waals surface area contributed by atoms with E-state index in [-0.39, 0.29) is 24.3 Å². The fourth-order valence-corrected chi connectivity index (χ4v) is 4.56. The molecule has 1 aliphatic heterocycles. The molecule has 0 fully saturated rings. The lowest BCUT2D eigenvalue weighted by molar-refractivity contribution is -0.384. The summed E-state index contributed by atoms with van der Waals surface area (Å²) in [5.74, 6) is -0.130. The van der Waals surface area contributed by atoms with Gasteiger partial charge in [0.2, 0.25) is 0 Å². The first kappa shape index (κ1) is 22.4. The van der Waals surface area contributed by atoms with Crippen molar-refractivity contribution < 1.29 is 23.2 Å². The molecule has 0 spiro atoms. The third-order valence-electron chi connectivity index (χ3n) is 6.31. The molecule has 1 aliphatic rings. The van der Waals surface area contributed by atoms with Gasteiger partial charge in [0.1, 0.15) is 11.3 Å². The molecular weight excluding hydrogens is 411 g/mol. The maximum atomic E-state index is 13.3. The fraction of sp³-hybridized carbons (Fsp3) is 0.409. The molecule has 6 nitrogen and oxygen atoms in total. The Bertz CT molecular complexity index is 1080. The quantitative estimate of drug-likeness (QED) is 0.508. The van der Waals surface area contributed by atoms with Gasteiger partial charge in [-0.1, -0.05) is 13.8 Å². The molecule has 2 aromatic rings. The van der Waals surface area contributed by atoms with Crippen LogP contribution in [0.2, 0.25) is 0 Å². The standard InChI is InChI=1S/C22H22F3N3O3/c1-4-27-18-7-5-15(22(23,24)25)12-17(18)20(2,3)21(27,13-26)10-9-14-11-16(28(30)31)6-8-19(14)29/h5-8,11-12,29H,4,9-10H2,1-3H3. The van der Waals surface area contributed by atoms with Crippen LogP contribution in [0, 0.1) is 21.4 Å². The summed E-state index contributed by atoms with van der Waals surface area (Å²) in [5, 5.41) is 31.5. The van der Waals surface area contributed by atoms with Gasteiger partial charge in [0.15, 0.2) is 0 Å². The number of nitro benzene ring substituents is 1. The van der Waals surface area contributed by atoms with Crippen LogP contribution in [-0.4, -0.2) is 22.1 Å². The van der Waals surface area contributed by atoms with Gasteiger partial charge in [0.25, 0.3) is 5.69 Å². The van der Waals surface area contributed by atoms with Crippen molar-refractivity contribution in [2.75, 3.05) is 11.4 Å². The van der Waals surface area contributed by atoms with Crippen LogP contribution in [0.3, 0.4) is 0 Å². The number of alkyl halides is 3. The number of nitro groups is 1. The molecule has 0 aliphatic carbocycles. The zero-order valence-corrected chi connectivity index (χ0v) is 17.3. The Morgan fingerprint density at radius 1 is 1.23 bits per heavy atom. The fourth-order valence-electron chi connectivity index (χ4n) is 4.56. The van der Waals surface area contributed by atoms with Gasteiger partial charge < -0.3 is 10.0 Å². The number of likely N-dealkylation sites (N-methyl/N-ethyl adjacent to an activating group) is 1. The average Bonchev–Trinajstić information content (AvgIpc) is 2.89. The minimum atomic E-state index is -4.51. The number of anilines is 1. The van der Waals surface area contributed by atoms with Crippen molar-refractivity contribution in [2.24, 2.45) is 0 Å². The molecule has 0 amide bonds. The van der Waals surface area contributed by atoms with E-state index in [4.69, 9.17) is 0 Å². The van der Waals surface area contributed by atoms with Gasteiger partial charge in [-0.2, -0.15) is 18.4 Å². The van der Waals surface area contributed by atoms with E-state index in [0.717, 1.165) is 12.1 Å². The molecule has 2 aromatic carbocycles. The molecule has 1 unspecified atom stereocenters. The zero-order chi connectivity index (χ0) is 23.2. The lowest BCUT2D eigenvalue weighted by atomic mass is 9.68. The predicted molar refractivity (Wildman–Crippen MR) is 109 cm³/mol. The smallest absolute Gasteiger partial charge is 0.416 e. The van der Waals surface area contributed by atoms with Crippen LogP contribution in [0.4, 0.5) is 24.5 Å². The minimum absolute atomic E-state index is 0.130. The predicted octanol–water partition coefficient (Wildman–Crippen LogP) is 5.33. The van der Waals surface area contributed by atoms with Crippen LogP contribution >= 0.6 is 0 Å². The van der Waals surface area contributed by atoms with Crippen molar-refractivity contribution in [1.82, 2.24) is 0 Å². The molecule has 0 saturated carbocycles. The van der Waals surface area contributed by atoms with Crippen LogP contribution in [0.5, 0.6) is 5.75 Å². The maximum Gasteiger partial charge on any atom is 0.416 e. The van der Waals surface area contributed by atoms with Crippen molar-refractivity contribution >= 4 is 11.4 Å². The molecule has 3 rings (SSSR count). The molecule has 0 radical (unpaired) electrons. The number of fused-ring (bicyclic) bond motifs is 1. The lowest BCUT2D eigenvalue weighted by Crippen LogP contribution is -2.55. The number of phenolic OH excluding ortho intramolecular Hbond substituents is 1. The highest BCUT2D eigenvalue weighted by atomic mass is 19.4. The Kier molecular flexibility index (Phi) is 5.38. The molecule has 1 N–H and O–H groups in total. The SMILES string of the molecule is CCN1c2ccc(C(F)(F)F)cc2C(C)(C)C1(C#N)CCc1cc([N+](=O)[O-])ccc1O. The van der Waals surface area contributed by atoms with Crippen LogP contribution in [0.25, 0.3) is 0 Å². The molecule has 1 atom stereocenters. The van der Waals surface area contributed by atoms with Gasteiger partial charge in [0.05, 0.1) is 16.6 Å². The van der Waals surface area contributed by atoms with E-state index in [0.29, 0.717) is 23.4 Å². The number of rotatable bonds is 5. The van der Waals surface area contributed by atoms with Gasteiger partial charge in [-0.3, -0.25) is 10.1 Å². The number of nitriles is 1. The van der Waals surface area contributed by atoms with E-state index in [9.17, 15) is 33.7 Å². The Morgan fingerprint density at radius 2 is 1.90 bits per heavy atom. The second-order valence-electron chi connectivity index (χ2n) is 8.14. The number of aromatic hydroxyl groups is 1. The van der Waals surface area contributed by atoms with Crippen molar-refractivity contribution in [3.05, 3.63) is 63.2 Å². The number of benzene rings is 2. The molecule has 0 saturated heterocycles. The molecule has 1 heterocycles. The molecule has 31 heavy (non-hydrogen) atoms. The summed E-state index contributed by atoms with van der Waals surface area (Å²) >= 11 is 0. The Labute approximate surface area is 177 Å². The first-order valence-electron chi connectivity index (χ1n) is 9.76. The van der Waals surface area contributed by atoms with E-state index < -0.39 is 27.6 Å². The molecule has 9 heteroatoms. The number of halogens is 3. The van der Waals surface area contributed by atoms with E-state index in [2.05, 4.69) is 6.07 Å². The van der Waals surface area contributed by atoms with Crippen molar-refractivity contribution in [2.45, 2.75) is 50.7 Å². The molecule has 0 aromatic heterocycles. The number of hydrogen-bond donors (Lipinski definition) is 1.